The van der Waals surface area contributed by atoms with Crippen LogP contribution in [0.25, 0.3) is 0 Å². The molecule has 5 rings (SSSR count). The Balaban J connectivity index is 1.27. The maximum atomic E-state index is 12.9. The van der Waals surface area contributed by atoms with Crippen LogP contribution in [0.4, 0.5) is 0 Å². The van der Waals surface area contributed by atoms with E-state index in [0.29, 0.717) is 31.1 Å². The van der Waals surface area contributed by atoms with Gasteiger partial charge in [-0.05, 0) is 56.1 Å². The van der Waals surface area contributed by atoms with Gasteiger partial charge >= 0.3 is 0 Å². The molecule has 2 aliphatic heterocycles. The van der Waals surface area contributed by atoms with Crippen LogP contribution in [0, 0.1) is 12.8 Å². The Labute approximate surface area is 199 Å². The molecule has 0 aliphatic carbocycles. The molecule has 4 heterocycles. The zero-order valence-corrected chi connectivity index (χ0v) is 19.4. The van der Waals surface area contributed by atoms with Crippen LogP contribution in [0.1, 0.15) is 50.6 Å². The minimum atomic E-state index is -0.122. The summed E-state index contributed by atoms with van der Waals surface area (Å²) in [7, 11) is 0. The first kappa shape index (κ1) is 22.3. The van der Waals surface area contributed by atoms with E-state index in [2.05, 4.69) is 32.0 Å². The number of aryl methyl sites for hydroxylation is 1. The van der Waals surface area contributed by atoms with Gasteiger partial charge in [0.25, 0.3) is 5.91 Å². The van der Waals surface area contributed by atoms with E-state index in [1.165, 1.54) is 0 Å². The molecule has 8 heteroatoms. The third-order valence-corrected chi connectivity index (χ3v) is 6.53. The number of benzene rings is 1. The van der Waals surface area contributed by atoms with E-state index >= 15 is 0 Å². The number of imidazole rings is 1. The molecule has 1 saturated heterocycles. The molecule has 2 aliphatic rings. The fraction of sp³-hybridized carbons (Fsp3) is 0.385. The Hall–Kier alpha value is -3.52. The number of fused-ring (bicyclic) bond motifs is 1. The summed E-state index contributed by atoms with van der Waals surface area (Å²) in [4.78, 5) is 41.3. The Morgan fingerprint density at radius 2 is 2.12 bits per heavy atom. The van der Waals surface area contributed by atoms with Crippen LogP contribution in [0.3, 0.4) is 0 Å². The summed E-state index contributed by atoms with van der Waals surface area (Å²) in [6.45, 7) is 5.77. The lowest BCUT2D eigenvalue weighted by atomic mass is 9.90. The van der Waals surface area contributed by atoms with Crippen molar-refractivity contribution in [3.8, 4) is 5.75 Å². The molecule has 1 fully saturated rings. The zero-order chi connectivity index (χ0) is 23.5. The normalized spacial score (nSPS) is 18.6. The first-order chi connectivity index (χ1) is 16.6. The number of H-pyrrole nitrogens is 1. The predicted molar refractivity (Wildman–Crippen MR) is 127 cm³/mol. The SMILES string of the molecule is Cc1cnc(C(=O)N2CCOc3ccc(CN4CCC[C@@H](C(=O)c5cccnc5)C4)cc3C2)[nH]1. The zero-order valence-electron chi connectivity index (χ0n) is 19.4. The Kier molecular flexibility index (Phi) is 6.40. The highest BCUT2D eigenvalue weighted by molar-refractivity contribution is 5.97. The molecule has 176 valence electrons. The number of hydrogen-bond acceptors (Lipinski definition) is 6. The third-order valence-electron chi connectivity index (χ3n) is 6.53. The standard InChI is InChI=1S/C26H29N5O3/c1-18-13-28-25(29-18)26(33)31-10-11-34-23-7-6-19(12-22(23)17-31)15-30-9-3-5-21(16-30)24(32)20-4-2-8-27-14-20/h2,4,6-8,12-14,21H,3,5,9-11,15-17H2,1H3,(H,28,29)/t21-/m1/s1. The number of likely N-dealkylation sites (tertiary alicyclic amines) is 1. The van der Waals surface area contributed by atoms with Crippen molar-refractivity contribution in [3.63, 3.8) is 0 Å². The van der Waals surface area contributed by atoms with Gasteiger partial charge in [-0.25, -0.2) is 4.98 Å². The molecular weight excluding hydrogens is 430 g/mol. The van der Waals surface area contributed by atoms with Gasteiger partial charge in [-0.2, -0.15) is 0 Å². The molecule has 8 nitrogen and oxygen atoms in total. The van der Waals surface area contributed by atoms with E-state index in [0.717, 1.165) is 55.0 Å². The van der Waals surface area contributed by atoms with E-state index in [4.69, 9.17) is 4.74 Å². The summed E-state index contributed by atoms with van der Waals surface area (Å²) in [6.07, 6.45) is 6.92. The number of rotatable bonds is 5. The number of piperidine rings is 1. The maximum Gasteiger partial charge on any atom is 0.290 e. The second-order valence-electron chi connectivity index (χ2n) is 9.11. The highest BCUT2D eigenvalue weighted by atomic mass is 16.5. The van der Waals surface area contributed by atoms with Crippen molar-refractivity contribution in [3.05, 3.63) is 77.1 Å². The van der Waals surface area contributed by atoms with Crippen LogP contribution in [0.2, 0.25) is 0 Å². The van der Waals surface area contributed by atoms with Crippen molar-refractivity contribution < 1.29 is 14.3 Å². The molecule has 0 bridgehead atoms. The van der Waals surface area contributed by atoms with Crippen molar-refractivity contribution in [1.29, 1.82) is 0 Å². The molecule has 1 atom stereocenters. The number of ketones is 1. The number of nitrogens with one attached hydrogen (secondary N) is 1. The molecule has 1 amide bonds. The fourth-order valence-electron chi connectivity index (χ4n) is 4.81. The predicted octanol–water partition coefficient (Wildman–Crippen LogP) is 3.24. The lowest BCUT2D eigenvalue weighted by Gasteiger charge is -2.32. The van der Waals surface area contributed by atoms with Gasteiger partial charge in [0.05, 0.1) is 6.54 Å². The topological polar surface area (TPSA) is 91.4 Å². The van der Waals surface area contributed by atoms with Crippen LogP contribution in [-0.2, 0) is 13.1 Å². The van der Waals surface area contributed by atoms with E-state index in [1.807, 2.05) is 25.1 Å². The summed E-state index contributed by atoms with van der Waals surface area (Å²) in [5, 5.41) is 0. The quantitative estimate of drug-likeness (QED) is 0.589. The number of pyridine rings is 1. The van der Waals surface area contributed by atoms with Gasteiger partial charge in [-0.1, -0.05) is 6.07 Å². The van der Waals surface area contributed by atoms with Crippen LogP contribution in [-0.4, -0.2) is 62.7 Å². The van der Waals surface area contributed by atoms with Gasteiger partial charge < -0.3 is 14.6 Å². The summed E-state index contributed by atoms with van der Waals surface area (Å²) in [6, 6.07) is 9.86. The van der Waals surface area contributed by atoms with Gasteiger partial charge in [0, 0.05) is 61.0 Å². The Morgan fingerprint density at radius 3 is 2.91 bits per heavy atom. The van der Waals surface area contributed by atoms with Gasteiger partial charge in [0.1, 0.15) is 12.4 Å². The van der Waals surface area contributed by atoms with Crippen molar-refractivity contribution in [2.45, 2.75) is 32.9 Å². The molecular formula is C26H29N5O3. The minimum Gasteiger partial charge on any atom is -0.491 e. The van der Waals surface area contributed by atoms with Crippen molar-refractivity contribution in [2.75, 3.05) is 26.2 Å². The lowest BCUT2D eigenvalue weighted by Crippen LogP contribution is -2.38. The maximum absolute atomic E-state index is 12.9. The number of hydrogen-bond donors (Lipinski definition) is 1. The van der Waals surface area contributed by atoms with Crippen molar-refractivity contribution >= 4 is 11.7 Å². The smallest absolute Gasteiger partial charge is 0.290 e. The number of amides is 1. The Bertz CT molecular complexity index is 1180. The van der Waals surface area contributed by atoms with E-state index in [-0.39, 0.29) is 17.6 Å². The molecule has 1 N–H and O–H groups in total. The number of carbonyl (C=O) groups excluding carboxylic acids is 2. The van der Waals surface area contributed by atoms with Crippen LogP contribution in [0.5, 0.6) is 5.75 Å². The molecule has 34 heavy (non-hydrogen) atoms. The number of ether oxygens (including phenoxy) is 1. The second kappa shape index (κ2) is 9.77. The monoisotopic (exact) mass is 459 g/mol. The second-order valence-corrected chi connectivity index (χ2v) is 9.11. The first-order valence-corrected chi connectivity index (χ1v) is 11.8. The molecule has 2 aromatic heterocycles. The number of Topliss-reactive ketones (excluding diaryl/α,β-unsaturated/α-hetero) is 1. The summed E-state index contributed by atoms with van der Waals surface area (Å²) in [5.74, 6) is 1.22. The number of aromatic amines is 1. The number of carbonyl (C=O) groups is 2. The van der Waals surface area contributed by atoms with E-state index in [1.54, 1.807) is 23.5 Å². The molecule has 1 aromatic carbocycles. The van der Waals surface area contributed by atoms with Gasteiger partial charge in [-0.3, -0.25) is 19.5 Å². The van der Waals surface area contributed by atoms with Gasteiger partial charge in [0.2, 0.25) is 0 Å². The number of nitrogens with zero attached hydrogens (tertiary/aromatic N) is 4. The van der Waals surface area contributed by atoms with Gasteiger partial charge in [0.15, 0.2) is 11.6 Å². The average Bonchev–Trinajstić information content (AvgIpc) is 3.19. The molecule has 0 saturated carbocycles. The average molecular weight is 460 g/mol. The summed E-state index contributed by atoms with van der Waals surface area (Å²) in [5.41, 5.74) is 3.69. The lowest BCUT2D eigenvalue weighted by molar-refractivity contribution is 0.0721. The van der Waals surface area contributed by atoms with E-state index < -0.39 is 0 Å². The first-order valence-electron chi connectivity index (χ1n) is 11.8. The fourth-order valence-corrected chi connectivity index (χ4v) is 4.81. The minimum absolute atomic E-state index is 0.00743. The van der Waals surface area contributed by atoms with Crippen LogP contribution >= 0.6 is 0 Å². The van der Waals surface area contributed by atoms with Crippen molar-refractivity contribution in [1.82, 2.24) is 24.8 Å². The molecule has 3 aromatic rings. The summed E-state index contributed by atoms with van der Waals surface area (Å²) >= 11 is 0. The van der Waals surface area contributed by atoms with Crippen LogP contribution < -0.4 is 4.74 Å². The number of aromatic nitrogens is 3. The molecule has 0 radical (unpaired) electrons. The van der Waals surface area contributed by atoms with Gasteiger partial charge in [-0.15, -0.1) is 0 Å². The third kappa shape index (κ3) is 4.87. The Morgan fingerprint density at radius 1 is 1.21 bits per heavy atom. The summed E-state index contributed by atoms with van der Waals surface area (Å²) < 4.78 is 5.92. The highest BCUT2D eigenvalue weighted by Crippen LogP contribution is 2.27. The van der Waals surface area contributed by atoms with Crippen molar-refractivity contribution in [2.24, 2.45) is 5.92 Å². The van der Waals surface area contributed by atoms with E-state index in [9.17, 15) is 9.59 Å². The van der Waals surface area contributed by atoms with Crippen LogP contribution in [0.15, 0.2) is 48.9 Å². The molecule has 0 spiro atoms. The largest absolute Gasteiger partial charge is 0.491 e. The molecule has 0 unspecified atom stereocenters. The highest BCUT2D eigenvalue weighted by Gasteiger charge is 2.27.